The van der Waals surface area contributed by atoms with Gasteiger partial charge in [0.15, 0.2) is 0 Å². The first kappa shape index (κ1) is 17.4. The number of rotatable bonds is 4. The molecule has 4 aliphatic carbocycles. The normalized spacial score (nSPS) is 39.0. The maximum atomic E-state index is 13.6. The van der Waals surface area contributed by atoms with Gasteiger partial charge in [0.05, 0.1) is 28.9 Å². The van der Waals surface area contributed by atoms with E-state index in [9.17, 15) is 4.79 Å². The predicted molar refractivity (Wildman–Crippen MR) is 99.2 cm³/mol. The van der Waals surface area contributed by atoms with Crippen LogP contribution in [0.15, 0.2) is 6.20 Å². The molecule has 0 N–H and O–H groups in total. The summed E-state index contributed by atoms with van der Waals surface area (Å²) in [5, 5.41) is 4.97. The maximum Gasteiger partial charge on any atom is 0.228 e. The highest BCUT2D eigenvalue weighted by molar-refractivity contribution is 6.31. The van der Waals surface area contributed by atoms with E-state index in [0.717, 1.165) is 37.4 Å². The van der Waals surface area contributed by atoms with Crippen molar-refractivity contribution in [3.63, 3.8) is 0 Å². The number of halogens is 1. The first-order valence-electron chi connectivity index (χ1n) is 9.63. The summed E-state index contributed by atoms with van der Waals surface area (Å²) in [4.78, 5) is 15.5. The molecule has 1 aromatic heterocycles. The van der Waals surface area contributed by atoms with E-state index < -0.39 is 0 Å². The van der Waals surface area contributed by atoms with E-state index in [4.69, 9.17) is 11.6 Å². The third-order valence-corrected chi connectivity index (χ3v) is 7.33. The van der Waals surface area contributed by atoms with E-state index in [0.29, 0.717) is 28.3 Å². The van der Waals surface area contributed by atoms with Crippen LogP contribution in [0.25, 0.3) is 0 Å². The average molecular weight is 364 g/mol. The fraction of sp³-hybridized carbons (Fsp3) is 0.800. The lowest BCUT2D eigenvalue weighted by atomic mass is 9.40. The molecule has 4 bridgehead atoms. The highest BCUT2D eigenvalue weighted by Crippen LogP contribution is 2.69. The lowest BCUT2D eigenvalue weighted by molar-refractivity contribution is -0.178. The number of carbonyl (C=O) groups excluding carboxylic acids is 1. The molecule has 1 aromatic rings. The Bertz CT molecular complexity index is 694. The van der Waals surface area contributed by atoms with Gasteiger partial charge in [0.2, 0.25) is 5.91 Å². The van der Waals surface area contributed by atoms with Crippen LogP contribution >= 0.6 is 11.6 Å². The number of carbonyl (C=O) groups is 1. The summed E-state index contributed by atoms with van der Waals surface area (Å²) in [7, 11) is 1.94. The van der Waals surface area contributed by atoms with Gasteiger partial charge in [-0.3, -0.25) is 9.48 Å². The molecule has 0 aliphatic heterocycles. The Morgan fingerprint density at radius 3 is 2.48 bits per heavy atom. The third kappa shape index (κ3) is 2.72. The molecule has 1 amide bonds. The quantitative estimate of drug-likeness (QED) is 0.789. The number of hydrogen-bond donors (Lipinski definition) is 0. The molecule has 0 aromatic carbocycles. The number of aryl methyl sites for hydroxylation is 1. The molecular weight excluding hydrogens is 334 g/mol. The average Bonchev–Trinajstić information content (AvgIpc) is 2.83. The second-order valence-electron chi connectivity index (χ2n) is 9.83. The summed E-state index contributed by atoms with van der Waals surface area (Å²) in [5.74, 6) is 1.06. The summed E-state index contributed by atoms with van der Waals surface area (Å²) in [6.07, 6.45) is 8.83. The molecule has 4 aliphatic rings. The molecule has 138 valence electrons. The Kier molecular flexibility index (Phi) is 3.81. The summed E-state index contributed by atoms with van der Waals surface area (Å²) in [6.45, 7) is 8.20. The zero-order valence-corrected chi connectivity index (χ0v) is 16.7. The number of nitrogens with zero attached hydrogens (tertiary/aromatic N) is 3. The van der Waals surface area contributed by atoms with E-state index in [-0.39, 0.29) is 5.41 Å². The van der Waals surface area contributed by atoms with Crippen LogP contribution in [-0.2, 0) is 17.9 Å². The van der Waals surface area contributed by atoms with Crippen molar-refractivity contribution < 1.29 is 4.79 Å². The molecule has 2 unspecified atom stereocenters. The molecule has 4 fully saturated rings. The number of aromatic nitrogens is 2. The second-order valence-corrected chi connectivity index (χ2v) is 10.2. The molecule has 0 saturated heterocycles. The smallest absolute Gasteiger partial charge is 0.228 e. The molecule has 5 heteroatoms. The van der Waals surface area contributed by atoms with Gasteiger partial charge in [-0.05, 0) is 62.2 Å². The monoisotopic (exact) mass is 363 g/mol. The Hall–Kier alpha value is -1.03. The highest BCUT2D eigenvalue weighted by Gasteiger charge is 2.63. The molecule has 1 heterocycles. The summed E-state index contributed by atoms with van der Waals surface area (Å²) < 4.78 is 1.90. The molecule has 4 atom stereocenters. The number of hydrogen-bond acceptors (Lipinski definition) is 2. The fourth-order valence-corrected chi connectivity index (χ4v) is 7.41. The molecule has 0 spiro atoms. The second kappa shape index (κ2) is 5.48. The molecule has 4 nitrogen and oxygen atoms in total. The Labute approximate surface area is 155 Å². The van der Waals surface area contributed by atoms with Crippen LogP contribution < -0.4 is 0 Å². The van der Waals surface area contributed by atoms with Gasteiger partial charge in [-0.2, -0.15) is 5.10 Å². The van der Waals surface area contributed by atoms with Crippen LogP contribution in [0.4, 0.5) is 0 Å². The van der Waals surface area contributed by atoms with Crippen molar-refractivity contribution in [3.05, 3.63) is 16.9 Å². The highest BCUT2D eigenvalue weighted by atomic mass is 35.5. The molecular formula is C20H30ClN3O. The van der Waals surface area contributed by atoms with E-state index in [2.05, 4.69) is 25.9 Å². The first-order chi connectivity index (χ1) is 11.7. The minimum Gasteiger partial charge on any atom is -0.339 e. The molecule has 25 heavy (non-hydrogen) atoms. The van der Waals surface area contributed by atoms with Crippen molar-refractivity contribution in [1.29, 1.82) is 0 Å². The number of amides is 1. The Balaban J connectivity index is 1.59. The van der Waals surface area contributed by atoms with Crippen LogP contribution in [-0.4, -0.2) is 27.6 Å². The van der Waals surface area contributed by atoms with Crippen LogP contribution in [0.1, 0.15) is 65.0 Å². The van der Waals surface area contributed by atoms with Crippen molar-refractivity contribution in [2.75, 3.05) is 7.05 Å². The van der Waals surface area contributed by atoms with Crippen LogP contribution in [0.5, 0.6) is 0 Å². The topological polar surface area (TPSA) is 38.1 Å². The van der Waals surface area contributed by atoms with Gasteiger partial charge in [0.25, 0.3) is 0 Å². The molecule has 0 radical (unpaired) electrons. The van der Waals surface area contributed by atoms with Gasteiger partial charge in [-0.25, -0.2) is 0 Å². The minimum atomic E-state index is -0.152. The Morgan fingerprint density at radius 2 is 1.92 bits per heavy atom. The predicted octanol–water partition coefficient (Wildman–Crippen LogP) is 4.51. The zero-order chi connectivity index (χ0) is 18.0. The standard InChI is InChI=1S/C20H30ClN3O/c1-5-24-16(15(21)9-22-24)10-23(4)17(25)20-8-14-6-18(2,12-20)11-19(3,7-14)13-20/h9,14H,5-8,10-13H2,1-4H3/t14?,18-,19+,20?. The van der Waals surface area contributed by atoms with Crippen molar-refractivity contribution >= 4 is 17.5 Å². The van der Waals surface area contributed by atoms with Crippen molar-refractivity contribution in [2.45, 2.75) is 72.4 Å². The first-order valence-corrected chi connectivity index (χ1v) is 10.0. The van der Waals surface area contributed by atoms with E-state index in [1.807, 2.05) is 16.6 Å². The van der Waals surface area contributed by atoms with Crippen LogP contribution in [0.2, 0.25) is 5.02 Å². The van der Waals surface area contributed by atoms with E-state index in [1.54, 1.807) is 6.20 Å². The van der Waals surface area contributed by atoms with Crippen molar-refractivity contribution in [2.24, 2.45) is 22.2 Å². The van der Waals surface area contributed by atoms with Gasteiger partial charge in [-0.1, -0.05) is 25.4 Å². The minimum absolute atomic E-state index is 0.152. The molecule has 4 saturated carbocycles. The summed E-state index contributed by atoms with van der Waals surface area (Å²) in [5.41, 5.74) is 1.50. The SMILES string of the molecule is CCn1ncc(Cl)c1CN(C)C(=O)C12CC3C[C@@](C)(C1)C[C@](C)(C3)C2. The van der Waals surface area contributed by atoms with Gasteiger partial charge in [0, 0.05) is 13.6 Å². The maximum absolute atomic E-state index is 13.6. The zero-order valence-electron chi connectivity index (χ0n) is 15.9. The van der Waals surface area contributed by atoms with Crippen molar-refractivity contribution in [3.8, 4) is 0 Å². The van der Waals surface area contributed by atoms with Crippen LogP contribution in [0.3, 0.4) is 0 Å². The summed E-state index contributed by atoms with van der Waals surface area (Å²) in [6, 6.07) is 0. The largest absolute Gasteiger partial charge is 0.339 e. The van der Waals surface area contributed by atoms with E-state index in [1.165, 1.54) is 19.3 Å². The van der Waals surface area contributed by atoms with Gasteiger partial charge >= 0.3 is 0 Å². The van der Waals surface area contributed by atoms with E-state index >= 15 is 0 Å². The summed E-state index contributed by atoms with van der Waals surface area (Å²) >= 11 is 6.31. The fourth-order valence-electron chi connectivity index (χ4n) is 7.21. The Morgan fingerprint density at radius 1 is 1.28 bits per heavy atom. The lowest BCUT2D eigenvalue weighted by Crippen LogP contribution is -2.59. The van der Waals surface area contributed by atoms with Gasteiger partial charge in [-0.15, -0.1) is 0 Å². The third-order valence-electron chi connectivity index (χ3n) is 7.01. The van der Waals surface area contributed by atoms with Crippen molar-refractivity contribution in [1.82, 2.24) is 14.7 Å². The van der Waals surface area contributed by atoms with Gasteiger partial charge in [0.1, 0.15) is 0 Å². The lowest BCUT2D eigenvalue weighted by Gasteiger charge is -2.65. The van der Waals surface area contributed by atoms with Gasteiger partial charge < -0.3 is 4.90 Å². The molecule has 5 rings (SSSR count). The van der Waals surface area contributed by atoms with Crippen LogP contribution in [0, 0.1) is 22.2 Å².